The standard InChI is InChI=1S/C15H13N3OS/c1-20-15(17-11-16)18-12-7-9-14(10-8-12)19-13-5-3-2-4-6-13/h2-10H,1H3,(H,17,18). The highest BCUT2D eigenvalue weighted by atomic mass is 32.2. The molecule has 0 heterocycles. The summed E-state index contributed by atoms with van der Waals surface area (Å²) in [6.45, 7) is 0. The van der Waals surface area contributed by atoms with Crippen molar-refractivity contribution in [3.8, 4) is 17.7 Å². The molecule has 0 saturated carbocycles. The highest BCUT2D eigenvalue weighted by Gasteiger charge is 1.99. The summed E-state index contributed by atoms with van der Waals surface area (Å²) < 4.78 is 5.69. The third kappa shape index (κ3) is 4.04. The van der Waals surface area contributed by atoms with Crippen molar-refractivity contribution in [2.75, 3.05) is 6.26 Å². The van der Waals surface area contributed by atoms with Crippen molar-refractivity contribution in [2.45, 2.75) is 0 Å². The van der Waals surface area contributed by atoms with Gasteiger partial charge in [0.15, 0.2) is 11.4 Å². The Balaban J connectivity index is 2.09. The lowest BCUT2D eigenvalue weighted by molar-refractivity contribution is 0.483. The van der Waals surface area contributed by atoms with E-state index in [1.165, 1.54) is 11.8 Å². The van der Waals surface area contributed by atoms with E-state index < -0.39 is 0 Å². The first-order valence-electron chi connectivity index (χ1n) is 5.92. The van der Waals surface area contributed by atoms with Crippen LogP contribution in [0.2, 0.25) is 0 Å². The lowest BCUT2D eigenvalue weighted by atomic mass is 10.3. The molecule has 0 amide bonds. The van der Waals surface area contributed by atoms with E-state index in [-0.39, 0.29) is 0 Å². The third-order valence-electron chi connectivity index (χ3n) is 2.40. The molecule has 0 unspecified atom stereocenters. The molecule has 0 aliphatic rings. The topological polar surface area (TPSA) is 57.4 Å². The maximum absolute atomic E-state index is 8.58. The summed E-state index contributed by atoms with van der Waals surface area (Å²) in [6, 6.07) is 17.0. The van der Waals surface area contributed by atoms with E-state index in [9.17, 15) is 0 Å². The van der Waals surface area contributed by atoms with E-state index in [1.807, 2.05) is 67.0 Å². The molecular weight excluding hydrogens is 270 g/mol. The average Bonchev–Trinajstić information content (AvgIpc) is 2.50. The highest BCUT2D eigenvalue weighted by molar-refractivity contribution is 8.13. The summed E-state index contributed by atoms with van der Waals surface area (Å²) in [5.74, 6) is 1.54. The van der Waals surface area contributed by atoms with Gasteiger partial charge in [-0.05, 0) is 42.7 Å². The minimum atomic E-state index is 0.559. The van der Waals surface area contributed by atoms with Crippen molar-refractivity contribution < 1.29 is 4.74 Å². The predicted octanol–water partition coefficient (Wildman–Crippen LogP) is 3.90. The maximum atomic E-state index is 8.58. The minimum absolute atomic E-state index is 0.559. The summed E-state index contributed by atoms with van der Waals surface area (Å²) >= 11 is 1.38. The van der Waals surface area contributed by atoms with Crippen LogP contribution in [0.15, 0.2) is 59.6 Å². The summed E-state index contributed by atoms with van der Waals surface area (Å²) in [7, 11) is 0. The number of hydrogen-bond donors (Lipinski definition) is 1. The smallest absolute Gasteiger partial charge is 0.183 e. The van der Waals surface area contributed by atoms with Crippen molar-refractivity contribution in [3.63, 3.8) is 0 Å². The zero-order valence-electron chi connectivity index (χ0n) is 10.9. The molecule has 0 bridgehead atoms. The molecule has 0 aromatic heterocycles. The summed E-state index contributed by atoms with van der Waals surface area (Å²) in [5, 5.41) is 11.7. The molecule has 4 nitrogen and oxygen atoms in total. The Kier molecular flexibility index (Phi) is 5.04. The van der Waals surface area contributed by atoms with Gasteiger partial charge in [-0.3, -0.25) is 5.32 Å². The normalized spacial score (nSPS) is 10.7. The molecule has 0 spiro atoms. The van der Waals surface area contributed by atoms with E-state index >= 15 is 0 Å². The van der Waals surface area contributed by atoms with Crippen molar-refractivity contribution in [1.82, 2.24) is 5.32 Å². The van der Waals surface area contributed by atoms with E-state index in [0.29, 0.717) is 5.17 Å². The Hall–Kier alpha value is -2.45. The van der Waals surface area contributed by atoms with Gasteiger partial charge in [0.1, 0.15) is 11.5 Å². The molecule has 2 rings (SSSR count). The third-order valence-corrected chi connectivity index (χ3v) is 2.98. The summed E-state index contributed by atoms with van der Waals surface area (Å²) in [5.41, 5.74) is 0.762. The molecule has 0 atom stereocenters. The second-order valence-electron chi connectivity index (χ2n) is 3.77. The summed E-state index contributed by atoms with van der Waals surface area (Å²) in [6.07, 6.45) is 3.71. The second-order valence-corrected chi connectivity index (χ2v) is 4.56. The van der Waals surface area contributed by atoms with Crippen LogP contribution in [0.25, 0.3) is 0 Å². The summed E-state index contributed by atoms with van der Waals surface area (Å²) in [4.78, 5) is 4.31. The van der Waals surface area contributed by atoms with Crippen LogP contribution < -0.4 is 10.1 Å². The van der Waals surface area contributed by atoms with Gasteiger partial charge in [-0.1, -0.05) is 30.0 Å². The molecule has 2 aromatic rings. The van der Waals surface area contributed by atoms with Crippen LogP contribution in [-0.4, -0.2) is 11.4 Å². The van der Waals surface area contributed by atoms with Crippen LogP contribution in [0.4, 0.5) is 5.69 Å². The van der Waals surface area contributed by atoms with Crippen molar-refractivity contribution in [1.29, 1.82) is 5.26 Å². The molecule has 0 fully saturated rings. The van der Waals surface area contributed by atoms with E-state index in [4.69, 9.17) is 10.00 Å². The Morgan fingerprint density at radius 2 is 1.75 bits per heavy atom. The van der Waals surface area contributed by atoms with Crippen molar-refractivity contribution in [2.24, 2.45) is 4.99 Å². The highest BCUT2D eigenvalue weighted by Crippen LogP contribution is 2.24. The molecule has 5 heteroatoms. The zero-order chi connectivity index (χ0) is 14.2. The van der Waals surface area contributed by atoms with Gasteiger partial charge < -0.3 is 4.74 Å². The fourth-order valence-corrected chi connectivity index (χ4v) is 1.85. The Bertz CT molecular complexity index is 618. The first-order chi connectivity index (χ1) is 9.81. The predicted molar refractivity (Wildman–Crippen MR) is 82.3 cm³/mol. The Morgan fingerprint density at radius 1 is 1.10 bits per heavy atom. The fraction of sp³-hybridized carbons (Fsp3) is 0.0667. The van der Waals surface area contributed by atoms with Gasteiger partial charge in [0.25, 0.3) is 0 Å². The lowest BCUT2D eigenvalue weighted by Crippen LogP contribution is -2.12. The minimum Gasteiger partial charge on any atom is -0.457 e. The van der Waals surface area contributed by atoms with Crippen LogP contribution >= 0.6 is 11.8 Å². The number of para-hydroxylation sites is 1. The number of nitrogens with zero attached hydrogens (tertiary/aromatic N) is 2. The van der Waals surface area contributed by atoms with Gasteiger partial charge in [0.2, 0.25) is 0 Å². The molecule has 0 saturated heterocycles. The number of nitrogens with one attached hydrogen (secondary N) is 1. The van der Waals surface area contributed by atoms with Crippen LogP contribution in [0.3, 0.4) is 0 Å². The number of aliphatic imine (C=N–C) groups is 1. The monoisotopic (exact) mass is 283 g/mol. The Labute approximate surface area is 122 Å². The maximum Gasteiger partial charge on any atom is 0.183 e. The largest absolute Gasteiger partial charge is 0.457 e. The van der Waals surface area contributed by atoms with Crippen LogP contribution in [0, 0.1) is 11.5 Å². The van der Waals surface area contributed by atoms with Gasteiger partial charge >= 0.3 is 0 Å². The van der Waals surface area contributed by atoms with Crippen molar-refractivity contribution >= 4 is 22.6 Å². The van der Waals surface area contributed by atoms with Gasteiger partial charge in [0, 0.05) is 0 Å². The Morgan fingerprint density at radius 3 is 2.35 bits per heavy atom. The average molecular weight is 283 g/mol. The van der Waals surface area contributed by atoms with Gasteiger partial charge in [-0.15, -0.1) is 0 Å². The molecule has 2 aromatic carbocycles. The number of ether oxygens (including phenoxy) is 1. The molecule has 0 radical (unpaired) electrons. The van der Waals surface area contributed by atoms with E-state index in [1.54, 1.807) is 0 Å². The van der Waals surface area contributed by atoms with Crippen molar-refractivity contribution in [3.05, 3.63) is 54.6 Å². The molecule has 1 N–H and O–H groups in total. The number of rotatable bonds is 3. The number of thioether (sulfide) groups is 1. The van der Waals surface area contributed by atoms with Crippen LogP contribution in [-0.2, 0) is 0 Å². The molecular formula is C15H13N3OS. The first-order valence-corrected chi connectivity index (χ1v) is 7.15. The van der Waals surface area contributed by atoms with Gasteiger partial charge in [0.05, 0.1) is 5.69 Å². The molecule has 20 heavy (non-hydrogen) atoms. The van der Waals surface area contributed by atoms with Crippen LogP contribution in [0.5, 0.6) is 11.5 Å². The first kappa shape index (κ1) is 14.0. The SMILES string of the molecule is CSC(=Nc1ccc(Oc2ccccc2)cc1)NC#N. The molecule has 0 aliphatic carbocycles. The zero-order valence-corrected chi connectivity index (χ0v) is 11.7. The fourth-order valence-electron chi connectivity index (χ4n) is 1.50. The number of nitriles is 1. The number of benzene rings is 2. The number of amidine groups is 1. The number of hydrogen-bond acceptors (Lipinski definition) is 4. The molecule has 0 aliphatic heterocycles. The van der Waals surface area contributed by atoms with Gasteiger partial charge in [-0.25, -0.2) is 4.99 Å². The lowest BCUT2D eigenvalue weighted by Gasteiger charge is -2.05. The second kappa shape index (κ2) is 7.22. The van der Waals surface area contributed by atoms with E-state index in [2.05, 4.69) is 10.3 Å². The van der Waals surface area contributed by atoms with Crippen LogP contribution in [0.1, 0.15) is 0 Å². The molecule has 100 valence electrons. The van der Waals surface area contributed by atoms with Gasteiger partial charge in [-0.2, -0.15) is 5.26 Å². The van der Waals surface area contributed by atoms with E-state index in [0.717, 1.165) is 17.2 Å². The quantitative estimate of drug-likeness (QED) is 0.402.